The molecule has 0 saturated carbocycles. The fourth-order valence-electron chi connectivity index (χ4n) is 2.74. The number of nitrogens with zero attached hydrogens (tertiary/aromatic N) is 1. The molecule has 0 aliphatic carbocycles. The molecule has 0 bridgehead atoms. The van der Waals surface area contributed by atoms with Gasteiger partial charge in [0.2, 0.25) is 12.7 Å². The smallest absolute Gasteiger partial charge is 0.454 e. The van der Waals surface area contributed by atoms with Crippen molar-refractivity contribution >= 4 is 32.8 Å². The third kappa shape index (κ3) is 2.96. The second-order valence-corrected chi connectivity index (χ2v) is 8.61. The zero-order chi connectivity index (χ0) is 19.2. The molecule has 1 N–H and O–H groups in total. The first-order valence-corrected chi connectivity index (χ1v) is 9.94. The van der Waals surface area contributed by atoms with Crippen LogP contribution in [0.5, 0.6) is 11.5 Å². The van der Waals surface area contributed by atoms with Crippen molar-refractivity contribution in [3.8, 4) is 11.5 Å². The Kier molecular flexibility index (Phi) is 4.16. The van der Waals surface area contributed by atoms with E-state index in [1.54, 1.807) is 36.4 Å². The monoisotopic (exact) mass is 407 g/mol. The summed E-state index contributed by atoms with van der Waals surface area (Å²) in [5.74, 6) is 0.898. The molecule has 0 atom stereocenters. The molecule has 2 aliphatic heterocycles. The van der Waals surface area contributed by atoms with Crippen LogP contribution in [0.25, 0.3) is 4.91 Å². The van der Waals surface area contributed by atoms with Crippen molar-refractivity contribution in [1.29, 1.82) is 0 Å². The summed E-state index contributed by atoms with van der Waals surface area (Å²) in [7, 11) is -2.67. The molecule has 2 heterocycles. The first-order chi connectivity index (χ1) is 12.9. The summed E-state index contributed by atoms with van der Waals surface area (Å²) in [5, 5.41) is 9.09. The van der Waals surface area contributed by atoms with Crippen LogP contribution in [0, 0.1) is 0 Å². The molecule has 0 aromatic heterocycles. The van der Waals surface area contributed by atoms with E-state index in [-0.39, 0.29) is 17.6 Å². The molecular weight excluding hydrogens is 394 g/mol. The minimum atomic E-state index is -3.92. The number of hydrogen-bond acceptors (Lipinski definition) is 7. The molecule has 8 nitrogen and oxygen atoms in total. The Morgan fingerprint density at radius 1 is 1.19 bits per heavy atom. The van der Waals surface area contributed by atoms with Gasteiger partial charge >= 0.3 is 6.16 Å². The zero-order valence-corrected chi connectivity index (χ0v) is 15.5. The van der Waals surface area contributed by atoms with Crippen LogP contribution >= 0.6 is 11.8 Å². The van der Waals surface area contributed by atoms with Gasteiger partial charge in [-0.15, -0.1) is 0 Å². The van der Waals surface area contributed by atoms with Gasteiger partial charge in [-0.3, -0.25) is 0 Å². The molecule has 0 saturated heterocycles. The van der Waals surface area contributed by atoms with Gasteiger partial charge in [0.05, 0.1) is 9.80 Å². The van der Waals surface area contributed by atoms with E-state index in [1.165, 1.54) is 24.9 Å². The molecule has 4 rings (SSSR count). The largest absolute Gasteiger partial charge is 0.512 e. The van der Waals surface area contributed by atoms with Gasteiger partial charge in [0.15, 0.2) is 11.5 Å². The highest BCUT2D eigenvalue weighted by molar-refractivity contribution is 8.08. The molecule has 2 aromatic rings. The van der Waals surface area contributed by atoms with Crippen LogP contribution in [0.2, 0.25) is 0 Å². The van der Waals surface area contributed by atoms with E-state index in [0.29, 0.717) is 26.9 Å². The van der Waals surface area contributed by atoms with E-state index in [4.69, 9.17) is 19.3 Å². The Labute approximate surface area is 159 Å². The van der Waals surface area contributed by atoms with Crippen molar-refractivity contribution < 1.29 is 32.5 Å². The van der Waals surface area contributed by atoms with Crippen LogP contribution in [0.1, 0.15) is 5.56 Å². The van der Waals surface area contributed by atoms with E-state index < -0.39 is 16.2 Å². The standard InChI is InChI=1S/C17H13NO7S2/c1-18-16(25-17(19)20)15(11-4-2-3-5-14(11)27(18,21)22)26-10-6-7-12-13(8-10)24-9-23-12/h2-8H,9H2,1H3,(H,19,20). The summed E-state index contributed by atoms with van der Waals surface area (Å²) in [4.78, 5) is 12.3. The van der Waals surface area contributed by atoms with Crippen LogP contribution < -0.4 is 9.47 Å². The Morgan fingerprint density at radius 3 is 2.70 bits per heavy atom. The fourth-order valence-corrected chi connectivity index (χ4v) is 5.30. The minimum Gasteiger partial charge on any atom is -0.454 e. The fraction of sp³-hybridized carbons (Fsp3) is 0.118. The highest BCUT2D eigenvalue weighted by Gasteiger charge is 2.37. The second kappa shape index (κ2) is 6.39. The summed E-state index contributed by atoms with van der Waals surface area (Å²) in [6.07, 6.45) is -1.60. The number of hydrogen-bond donors (Lipinski definition) is 1. The Balaban J connectivity index is 1.86. The third-order valence-corrected chi connectivity index (χ3v) is 6.89. The van der Waals surface area contributed by atoms with Crippen LogP contribution in [0.15, 0.2) is 58.1 Å². The van der Waals surface area contributed by atoms with Crippen LogP contribution in [0.4, 0.5) is 4.79 Å². The molecule has 0 radical (unpaired) electrons. The first-order valence-electron chi connectivity index (χ1n) is 7.69. The maximum absolute atomic E-state index is 12.7. The van der Waals surface area contributed by atoms with Crippen molar-refractivity contribution in [3.05, 3.63) is 53.9 Å². The predicted octanol–water partition coefficient (Wildman–Crippen LogP) is 3.16. The number of carboxylic acid groups (broad SMARTS) is 1. The Morgan fingerprint density at radius 2 is 1.93 bits per heavy atom. The highest BCUT2D eigenvalue weighted by Crippen LogP contribution is 2.46. The lowest BCUT2D eigenvalue weighted by Crippen LogP contribution is -2.33. The van der Waals surface area contributed by atoms with Crippen molar-refractivity contribution in [3.63, 3.8) is 0 Å². The maximum atomic E-state index is 12.7. The van der Waals surface area contributed by atoms with Gasteiger partial charge in [0, 0.05) is 17.5 Å². The van der Waals surface area contributed by atoms with Crippen LogP contribution in [0.3, 0.4) is 0 Å². The average Bonchev–Trinajstić information content (AvgIpc) is 3.10. The number of fused-ring (bicyclic) bond motifs is 2. The summed E-state index contributed by atoms with van der Waals surface area (Å²) in [6.45, 7) is 0.128. The lowest BCUT2D eigenvalue weighted by molar-refractivity contribution is 0.105. The molecule has 140 valence electrons. The van der Waals surface area contributed by atoms with Gasteiger partial charge in [-0.2, -0.15) is 0 Å². The zero-order valence-electron chi connectivity index (χ0n) is 13.9. The topological polar surface area (TPSA) is 102 Å². The summed E-state index contributed by atoms with van der Waals surface area (Å²) >= 11 is 1.18. The SMILES string of the molecule is CN1C(OC(=O)O)=C(Sc2ccc3c(c2)OCO3)c2ccccc2S1(=O)=O. The Bertz CT molecular complexity index is 1080. The van der Waals surface area contributed by atoms with Crippen LogP contribution in [-0.2, 0) is 14.8 Å². The van der Waals surface area contributed by atoms with Gasteiger partial charge in [-0.1, -0.05) is 30.0 Å². The van der Waals surface area contributed by atoms with E-state index >= 15 is 0 Å². The predicted molar refractivity (Wildman–Crippen MR) is 95.8 cm³/mol. The maximum Gasteiger partial charge on any atom is 0.512 e. The molecule has 27 heavy (non-hydrogen) atoms. The molecule has 0 fully saturated rings. The average molecular weight is 407 g/mol. The highest BCUT2D eigenvalue weighted by atomic mass is 32.2. The van der Waals surface area contributed by atoms with Crippen molar-refractivity contribution in [2.24, 2.45) is 0 Å². The summed E-state index contributed by atoms with van der Waals surface area (Å²) in [6, 6.07) is 11.6. The first kappa shape index (κ1) is 17.6. The Hall–Kier alpha value is -2.85. The minimum absolute atomic E-state index is 0.0773. The normalized spacial score (nSPS) is 16.9. The van der Waals surface area contributed by atoms with E-state index in [1.807, 2.05) is 0 Å². The van der Waals surface area contributed by atoms with Gasteiger partial charge in [0.1, 0.15) is 0 Å². The quantitative estimate of drug-likeness (QED) is 0.774. The number of ether oxygens (including phenoxy) is 3. The van der Waals surface area contributed by atoms with E-state index in [0.717, 1.165) is 4.31 Å². The number of rotatable bonds is 3. The number of benzene rings is 2. The second-order valence-electron chi connectivity index (χ2n) is 5.59. The van der Waals surface area contributed by atoms with E-state index in [9.17, 15) is 13.2 Å². The van der Waals surface area contributed by atoms with Gasteiger partial charge in [-0.05, 0) is 24.3 Å². The van der Waals surface area contributed by atoms with Gasteiger partial charge in [0.25, 0.3) is 10.0 Å². The van der Waals surface area contributed by atoms with Crippen LogP contribution in [-0.4, -0.2) is 37.8 Å². The van der Waals surface area contributed by atoms with E-state index in [2.05, 4.69) is 0 Å². The summed E-state index contributed by atoms with van der Waals surface area (Å²) < 4.78 is 41.8. The molecule has 0 amide bonds. The molecule has 0 unspecified atom stereocenters. The lowest BCUT2D eigenvalue weighted by Gasteiger charge is -2.29. The number of carbonyl (C=O) groups is 1. The number of thioether (sulfide) groups is 1. The van der Waals surface area contributed by atoms with Crippen molar-refractivity contribution in [2.75, 3.05) is 13.8 Å². The summed E-state index contributed by atoms with van der Waals surface area (Å²) in [5.41, 5.74) is 0.370. The number of sulfonamides is 1. The van der Waals surface area contributed by atoms with Gasteiger partial charge in [-0.25, -0.2) is 17.5 Å². The molecule has 2 aliphatic rings. The molecule has 2 aromatic carbocycles. The molecular formula is C17H13NO7S2. The van der Waals surface area contributed by atoms with Gasteiger partial charge < -0.3 is 19.3 Å². The van der Waals surface area contributed by atoms with Crippen molar-refractivity contribution in [2.45, 2.75) is 9.79 Å². The third-order valence-electron chi connectivity index (χ3n) is 4.00. The van der Waals surface area contributed by atoms with Crippen molar-refractivity contribution in [1.82, 2.24) is 4.31 Å². The molecule has 0 spiro atoms. The molecule has 10 heteroatoms. The lowest BCUT2D eigenvalue weighted by atomic mass is 10.2.